The van der Waals surface area contributed by atoms with Crippen LogP contribution in [-0.4, -0.2) is 25.0 Å². The molecule has 0 radical (unpaired) electrons. The summed E-state index contributed by atoms with van der Waals surface area (Å²) in [5.41, 5.74) is 1.33. The van der Waals surface area contributed by atoms with E-state index in [-0.39, 0.29) is 0 Å². The lowest BCUT2D eigenvalue weighted by Gasteiger charge is -1.97. The maximum atomic E-state index is 5.86. The van der Waals surface area contributed by atoms with Gasteiger partial charge in [0.1, 0.15) is 6.33 Å². The molecule has 0 aliphatic heterocycles. The van der Waals surface area contributed by atoms with E-state index in [0.717, 1.165) is 18.1 Å². The van der Waals surface area contributed by atoms with Crippen LogP contribution in [-0.2, 0) is 6.54 Å². The molecule has 1 saturated carbocycles. The van der Waals surface area contributed by atoms with Crippen molar-refractivity contribution in [2.24, 2.45) is 5.92 Å². The van der Waals surface area contributed by atoms with E-state index >= 15 is 0 Å². The van der Waals surface area contributed by atoms with E-state index in [1.807, 2.05) is 0 Å². The number of halogens is 1. The fraction of sp³-hybridized carbons (Fsp3) is 0.500. The lowest BCUT2D eigenvalue weighted by Crippen LogP contribution is -2.02. The van der Waals surface area contributed by atoms with E-state index in [1.165, 1.54) is 19.2 Å². The standard InChI is InChI=1S/C8H8ClN5/c9-7-6-8(11-4-10-7)14(13-12-6)3-5-1-2-5/h4-5H,1-3H2. The highest BCUT2D eigenvalue weighted by Gasteiger charge is 2.23. The van der Waals surface area contributed by atoms with Crippen molar-refractivity contribution in [2.45, 2.75) is 19.4 Å². The topological polar surface area (TPSA) is 56.5 Å². The van der Waals surface area contributed by atoms with Gasteiger partial charge in [-0.25, -0.2) is 14.6 Å². The second-order valence-electron chi connectivity index (χ2n) is 3.55. The first-order valence-corrected chi connectivity index (χ1v) is 4.92. The number of hydrogen-bond donors (Lipinski definition) is 0. The van der Waals surface area contributed by atoms with Crippen LogP contribution < -0.4 is 0 Å². The molecule has 0 bridgehead atoms. The molecule has 0 amide bonds. The normalized spacial score (nSPS) is 16.4. The second-order valence-corrected chi connectivity index (χ2v) is 3.91. The van der Waals surface area contributed by atoms with E-state index in [4.69, 9.17) is 11.6 Å². The van der Waals surface area contributed by atoms with Crippen molar-refractivity contribution >= 4 is 22.8 Å². The van der Waals surface area contributed by atoms with Gasteiger partial charge in [-0.1, -0.05) is 16.8 Å². The Bertz CT molecular complexity index is 476. The van der Waals surface area contributed by atoms with Crippen molar-refractivity contribution < 1.29 is 0 Å². The van der Waals surface area contributed by atoms with Crippen LogP contribution in [0.4, 0.5) is 0 Å². The number of nitrogens with zero attached hydrogens (tertiary/aromatic N) is 5. The Morgan fingerprint density at radius 3 is 3.07 bits per heavy atom. The molecule has 0 atom stereocenters. The first-order chi connectivity index (χ1) is 6.84. The Morgan fingerprint density at radius 2 is 2.29 bits per heavy atom. The number of rotatable bonds is 2. The van der Waals surface area contributed by atoms with Gasteiger partial charge in [0.15, 0.2) is 16.3 Å². The first-order valence-electron chi connectivity index (χ1n) is 4.54. The summed E-state index contributed by atoms with van der Waals surface area (Å²) >= 11 is 5.86. The zero-order valence-corrected chi connectivity index (χ0v) is 8.15. The molecule has 0 aromatic carbocycles. The molecule has 2 aromatic heterocycles. The molecular weight excluding hydrogens is 202 g/mol. The summed E-state index contributed by atoms with van der Waals surface area (Å²) in [6.45, 7) is 0.893. The van der Waals surface area contributed by atoms with Crippen LogP contribution in [0.2, 0.25) is 5.15 Å². The minimum atomic E-state index is 0.372. The zero-order valence-electron chi connectivity index (χ0n) is 7.39. The molecule has 0 N–H and O–H groups in total. The van der Waals surface area contributed by atoms with Crippen LogP contribution in [0.25, 0.3) is 11.2 Å². The summed E-state index contributed by atoms with van der Waals surface area (Å²) in [7, 11) is 0. The molecule has 0 unspecified atom stereocenters. The van der Waals surface area contributed by atoms with Gasteiger partial charge in [0.2, 0.25) is 0 Å². The third-order valence-corrected chi connectivity index (χ3v) is 2.66. The van der Waals surface area contributed by atoms with Gasteiger partial charge >= 0.3 is 0 Å². The predicted octanol–water partition coefficient (Wildman–Crippen LogP) is 1.28. The van der Waals surface area contributed by atoms with Gasteiger partial charge in [-0.3, -0.25) is 0 Å². The van der Waals surface area contributed by atoms with Gasteiger partial charge in [-0.2, -0.15) is 0 Å². The number of hydrogen-bond acceptors (Lipinski definition) is 4. The maximum absolute atomic E-state index is 5.86. The van der Waals surface area contributed by atoms with Crippen molar-refractivity contribution in [1.29, 1.82) is 0 Å². The van der Waals surface area contributed by atoms with E-state index < -0.39 is 0 Å². The van der Waals surface area contributed by atoms with Crippen LogP contribution in [0, 0.1) is 5.92 Å². The van der Waals surface area contributed by atoms with Gasteiger partial charge in [0, 0.05) is 6.54 Å². The van der Waals surface area contributed by atoms with Crippen LogP contribution in [0.3, 0.4) is 0 Å². The van der Waals surface area contributed by atoms with Gasteiger partial charge in [0.05, 0.1) is 0 Å². The third-order valence-electron chi connectivity index (χ3n) is 2.38. The van der Waals surface area contributed by atoms with Crippen LogP contribution in [0.15, 0.2) is 6.33 Å². The van der Waals surface area contributed by atoms with Crippen molar-refractivity contribution in [3.63, 3.8) is 0 Å². The maximum Gasteiger partial charge on any atom is 0.183 e. The molecule has 0 spiro atoms. The smallest absolute Gasteiger partial charge is 0.183 e. The molecule has 72 valence electrons. The molecule has 3 rings (SSSR count). The lowest BCUT2D eigenvalue weighted by molar-refractivity contribution is 0.555. The van der Waals surface area contributed by atoms with Gasteiger partial charge in [-0.05, 0) is 18.8 Å². The second kappa shape index (κ2) is 2.88. The average molecular weight is 210 g/mol. The SMILES string of the molecule is Clc1ncnc2c1nnn2CC1CC1. The summed E-state index contributed by atoms with van der Waals surface area (Å²) in [6.07, 6.45) is 4.00. The molecule has 0 saturated heterocycles. The highest BCUT2D eigenvalue weighted by Crippen LogP contribution is 2.31. The quantitative estimate of drug-likeness (QED) is 0.700. The molecule has 2 heterocycles. The van der Waals surface area contributed by atoms with E-state index in [1.54, 1.807) is 4.68 Å². The molecule has 2 aromatic rings. The van der Waals surface area contributed by atoms with Gasteiger partial charge in [0.25, 0.3) is 0 Å². The van der Waals surface area contributed by atoms with Crippen molar-refractivity contribution in [2.75, 3.05) is 0 Å². The molecule has 5 nitrogen and oxygen atoms in total. The molecule has 1 aliphatic carbocycles. The third kappa shape index (κ3) is 1.24. The van der Waals surface area contributed by atoms with Crippen LogP contribution in [0.5, 0.6) is 0 Å². The molecule has 1 aliphatic rings. The summed E-state index contributed by atoms with van der Waals surface area (Å²) in [6, 6.07) is 0. The minimum Gasteiger partial charge on any atom is -0.227 e. The molecular formula is C8H8ClN5. The average Bonchev–Trinajstić information content (AvgIpc) is 2.88. The Labute approximate surface area is 85.1 Å². The van der Waals surface area contributed by atoms with Crippen molar-refractivity contribution in [1.82, 2.24) is 25.0 Å². The summed E-state index contributed by atoms with van der Waals surface area (Å²) in [4.78, 5) is 7.98. The first kappa shape index (κ1) is 8.11. The van der Waals surface area contributed by atoms with Gasteiger partial charge < -0.3 is 0 Å². The Balaban J connectivity index is 2.10. The number of aromatic nitrogens is 5. The monoisotopic (exact) mass is 209 g/mol. The van der Waals surface area contributed by atoms with Gasteiger partial charge in [-0.15, -0.1) is 5.10 Å². The summed E-state index contributed by atoms with van der Waals surface area (Å²) in [5, 5.41) is 8.34. The van der Waals surface area contributed by atoms with Crippen LogP contribution >= 0.6 is 11.6 Å². The lowest BCUT2D eigenvalue weighted by atomic mass is 10.4. The minimum absolute atomic E-state index is 0.372. The van der Waals surface area contributed by atoms with E-state index in [2.05, 4.69) is 20.3 Å². The predicted molar refractivity (Wildman–Crippen MR) is 50.9 cm³/mol. The van der Waals surface area contributed by atoms with E-state index in [0.29, 0.717) is 10.7 Å². The summed E-state index contributed by atoms with van der Waals surface area (Å²) in [5.74, 6) is 0.744. The molecule has 1 fully saturated rings. The Kier molecular flexibility index (Phi) is 1.67. The molecule has 14 heavy (non-hydrogen) atoms. The van der Waals surface area contributed by atoms with E-state index in [9.17, 15) is 0 Å². The highest BCUT2D eigenvalue weighted by atomic mass is 35.5. The Hall–Kier alpha value is -1.23. The fourth-order valence-electron chi connectivity index (χ4n) is 1.43. The number of fused-ring (bicyclic) bond motifs is 1. The zero-order chi connectivity index (χ0) is 9.54. The van der Waals surface area contributed by atoms with Crippen LogP contribution in [0.1, 0.15) is 12.8 Å². The fourth-order valence-corrected chi connectivity index (χ4v) is 1.60. The van der Waals surface area contributed by atoms with Crippen molar-refractivity contribution in [3.8, 4) is 0 Å². The summed E-state index contributed by atoms with van der Waals surface area (Å²) < 4.78 is 1.81. The Morgan fingerprint density at radius 1 is 1.43 bits per heavy atom. The largest absolute Gasteiger partial charge is 0.227 e. The highest BCUT2D eigenvalue weighted by molar-refractivity contribution is 6.33. The van der Waals surface area contributed by atoms with Crippen molar-refractivity contribution in [3.05, 3.63) is 11.5 Å². The molecule has 6 heteroatoms.